The van der Waals surface area contributed by atoms with Crippen molar-refractivity contribution in [2.45, 2.75) is 27.8 Å². The molecule has 0 aliphatic carbocycles. The molecular formula is C17H21N5O2S5. The van der Waals surface area contributed by atoms with Gasteiger partial charge in [-0.3, -0.25) is 5.10 Å². The van der Waals surface area contributed by atoms with Gasteiger partial charge in [0.05, 0.1) is 12.2 Å². The van der Waals surface area contributed by atoms with Crippen molar-refractivity contribution in [3.63, 3.8) is 0 Å². The van der Waals surface area contributed by atoms with E-state index in [0.29, 0.717) is 28.5 Å². The first-order chi connectivity index (χ1) is 14.0. The number of benzene rings is 1. The van der Waals surface area contributed by atoms with Crippen LogP contribution in [0.5, 0.6) is 0 Å². The Hall–Kier alpha value is -1.02. The number of anilines is 1. The summed E-state index contributed by atoms with van der Waals surface area (Å²) in [4.78, 5) is 2.01. The van der Waals surface area contributed by atoms with Gasteiger partial charge in [0.25, 0.3) is 0 Å². The summed E-state index contributed by atoms with van der Waals surface area (Å²) in [5.41, 5.74) is 0.961. The molecule has 7 nitrogen and oxygen atoms in total. The number of thioether (sulfide) groups is 2. The highest BCUT2D eigenvalue weighted by Gasteiger charge is 2.18. The Morgan fingerprint density at radius 2 is 1.69 bits per heavy atom. The standard InChI is InChI=1S/C17H21N5O2S5/c1-11-18-20-16(28-11)26-9-13(23)7-22(12-5-3-2-4-6-12)8-14(24)10-27-17-21-19-15(25)29-17/h2-6,13-14,23-24H,7-10H2,1H3,(H,19,25). The normalized spacial score (nSPS) is 13.3. The van der Waals surface area contributed by atoms with E-state index in [2.05, 4.69) is 20.4 Å². The number of para-hydroxylation sites is 1. The number of hydrogen-bond donors (Lipinski definition) is 3. The van der Waals surface area contributed by atoms with Gasteiger partial charge in [0.15, 0.2) is 12.6 Å². The van der Waals surface area contributed by atoms with Crippen LogP contribution in [0.25, 0.3) is 0 Å². The van der Waals surface area contributed by atoms with Crippen molar-refractivity contribution in [3.8, 4) is 0 Å². The van der Waals surface area contributed by atoms with Crippen molar-refractivity contribution in [2.75, 3.05) is 29.5 Å². The van der Waals surface area contributed by atoms with Crippen LogP contribution in [0.4, 0.5) is 5.69 Å². The van der Waals surface area contributed by atoms with Gasteiger partial charge >= 0.3 is 0 Å². The van der Waals surface area contributed by atoms with Crippen LogP contribution in [0.3, 0.4) is 0 Å². The minimum atomic E-state index is -0.580. The monoisotopic (exact) mass is 487 g/mol. The highest BCUT2D eigenvalue weighted by Crippen LogP contribution is 2.24. The maximum atomic E-state index is 10.6. The van der Waals surface area contributed by atoms with Crippen LogP contribution in [0.2, 0.25) is 0 Å². The molecule has 3 aromatic rings. The summed E-state index contributed by atoms with van der Waals surface area (Å²) >= 11 is 10.9. The third kappa shape index (κ3) is 7.63. The first kappa shape index (κ1) is 22.7. The van der Waals surface area contributed by atoms with E-state index in [9.17, 15) is 10.2 Å². The molecule has 0 radical (unpaired) electrons. The Balaban J connectivity index is 1.56. The zero-order valence-electron chi connectivity index (χ0n) is 15.6. The van der Waals surface area contributed by atoms with Crippen LogP contribution >= 0.6 is 58.4 Å². The topological polar surface area (TPSA) is 98.2 Å². The molecule has 1 aromatic carbocycles. The Morgan fingerprint density at radius 1 is 1.03 bits per heavy atom. The van der Waals surface area contributed by atoms with E-state index in [0.717, 1.165) is 19.4 Å². The molecule has 0 aliphatic heterocycles. The number of nitrogens with one attached hydrogen (secondary N) is 1. The van der Waals surface area contributed by atoms with Crippen molar-refractivity contribution >= 4 is 64.1 Å². The number of H-pyrrole nitrogens is 1. The molecule has 0 spiro atoms. The lowest BCUT2D eigenvalue weighted by molar-refractivity contribution is 0.182. The molecule has 2 atom stereocenters. The van der Waals surface area contributed by atoms with Gasteiger partial charge in [0.2, 0.25) is 0 Å². The van der Waals surface area contributed by atoms with Crippen LogP contribution in [0.1, 0.15) is 5.01 Å². The molecule has 0 saturated heterocycles. The van der Waals surface area contributed by atoms with E-state index in [1.165, 1.54) is 46.2 Å². The first-order valence-electron chi connectivity index (χ1n) is 8.77. The van der Waals surface area contributed by atoms with Gasteiger partial charge in [-0.2, -0.15) is 5.10 Å². The smallest absolute Gasteiger partial charge is 0.177 e. The van der Waals surface area contributed by atoms with Gasteiger partial charge < -0.3 is 15.1 Å². The van der Waals surface area contributed by atoms with E-state index in [1.807, 2.05) is 42.2 Å². The number of hydrogen-bond acceptors (Lipinski definition) is 11. The molecule has 0 aliphatic rings. The summed E-state index contributed by atoms with van der Waals surface area (Å²) in [5.74, 6) is 1.01. The van der Waals surface area contributed by atoms with Gasteiger partial charge in [-0.25, -0.2) is 0 Å². The van der Waals surface area contributed by atoms with Crippen LogP contribution in [0.15, 0.2) is 39.0 Å². The fourth-order valence-corrected chi connectivity index (χ4v) is 6.27. The van der Waals surface area contributed by atoms with E-state index in [-0.39, 0.29) is 0 Å². The second-order valence-corrected chi connectivity index (χ2v) is 11.5. The van der Waals surface area contributed by atoms with Crippen molar-refractivity contribution in [1.82, 2.24) is 20.4 Å². The van der Waals surface area contributed by atoms with Crippen LogP contribution in [-0.4, -0.2) is 67.4 Å². The zero-order chi connectivity index (χ0) is 20.6. The summed E-state index contributed by atoms with van der Waals surface area (Å²) in [5, 5.41) is 36.9. The Morgan fingerprint density at radius 3 is 2.24 bits per heavy atom. The molecule has 3 N–H and O–H groups in total. The lowest BCUT2D eigenvalue weighted by Crippen LogP contribution is -2.39. The predicted octanol–water partition coefficient (Wildman–Crippen LogP) is 3.47. The van der Waals surface area contributed by atoms with Crippen molar-refractivity contribution in [1.29, 1.82) is 0 Å². The number of nitrogens with zero attached hydrogens (tertiary/aromatic N) is 4. The molecule has 29 heavy (non-hydrogen) atoms. The lowest BCUT2D eigenvalue weighted by Gasteiger charge is -2.29. The molecule has 2 heterocycles. The molecule has 3 rings (SSSR count). The summed E-state index contributed by atoms with van der Waals surface area (Å²) in [7, 11) is 0. The number of aromatic nitrogens is 4. The number of aromatic amines is 1. The molecule has 12 heteroatoms. The van der Waals surface area contributed by atoms with Crippen LogP contribution < -0.4 is 4.90 Å². The average Bonchev–Trinajstić information content (AvgIpc) is 3.32. The summed E-state index contributed by atoms with van der Waals surface area (Å²) in [6.07, 6.45) is -1.15. The molecular weight excluding hydrogens is 467 g/mol. The lowest BCUT2D eigenvalue weighted by atomic mass is 10.2. The largest absolute Gasteiger partial charge is 0.390 e. The van der Waals surface area contributed by atoms with Crippen molar-refractivity contribution in [3.05, 3.63) is 39.3 Å². The first-order valence-corrected chi connectivity index (χ1v) is 12.8. The third-order valence-electron chi connectivity index (χ3n) is 3.71. The summed E-state index contributed by atoms with van der Waals surface area (Å²) in [6, 6.07) is 9.81. The number of aliphatic hydroxyl groups is 2. The number of rotatable bonds is 11. The van der Waals surface area contributed by atoms with Gasteiger partial charge in [0.1, 0.15) is 5.01 Å². The number of aliphatic hydroxyl groups excluding tert-OH is 2. The van der Waals surface area contributed by atoms with Crippen LogP contribution in [-0.2, 0) is 0 Å². The van der Waals surface area contributed by atoms with E-state index in [4.69, 9.17) is 12.2 Å². The Bertz CT molecular complexity index is 931. The second-order valence-electron chi connectivity index (χ2n) is 6.14. The summed E-state index contributed by atoms with van der Waals surface area (Å²) in [6.45, 7) is 2.73. The highest BCUT2D eigenvalue weighted by atomic mass is 32.2. The predicted molar refractivity (Wildman–Crippen MR) is 124 cm³/mol. The van der Waals surface area contributed by atoms with Gasteiger partial charge in [-0.1, -0.05) is 64.4 Å². The van der Waals surface area contributed by atoms with Crippen molar-refractivity contribution in [2.24, 2.45) is 0 Å². The number of aryl methyl sites for hydroxylation is 1. The fourth-order valence-electron chi connectivity index (χ4n) is 2.49. The van der Waals surface area contributed by atoms with Crippen LogP contribution in [0, 0.1) is 10.9 Å². The average molecular weight is 488 g/mol. The van der Waals surface area contributed by atoms with E-state index < -0.39 is 12.2 Å². The van der Waals surface area contributed by atoms with Gasteiger partial charge in [-0.15, -0.1) is 10.2 Å². The SMILES string of the molecule is Cc1nnc(SCC(O)CN(CC(O)CSc2n[nH]c(=S)s2)c2ccccc2)s1. The third-order valence-corrected chi connectivity index (χ3v) is 8.20. The molecule has 2 aromatic heterocycles. The second kappa shape index (κ2) is 11.4. The summed E-state index contributed by atoms with van der Waals surface area (Å²) < 4.78 is 2.29. The molecule has 0 saturated carbocycles. The highest BCUT2D eigenvalue weighted by molar-refractivity contribution is 8.01. The quantitative estimate of drug-likeness (QED) is 0.277. The minimum absolute atomic E-state index is 0.409. The maximum Gasteiger partial charge on any atom is 0.177 e. The molecule has 0 fully saturated rings. The zero-order valence-corrected chi connectivity index (χ0v) is 19.7. The Kier molecular flexibility index (Phi) is 8.90. The van der Waals surface area contributed by atoms with Gasteiger partial charge in [0, 0.05) is 30.3 Å². The van der Waals surface area contributed by atoms with Gasteiger partial charge in [-0.05, 0) is 31.3 Å². The fraction of sp³-hybridized carbons (Fsp3) is 0.412. The molecule has 0 amide bonds. The maximum absolute atomic E-state index is 10.6. The molecule has 2 unspecified atom stereocenters. The van der Waals surface area contributed by atoms with E-state index in [1.54, 1.807) is 0 Å². The molecule has 156 valence electrons. The van der Waals surface area contributed by atoms with E-state index >= 15 is 0 Å². The Labute approximate surface area is 190 Å². The molecule has 0 bridgehead atoms. The van der Waals surface area contributed by atoms with Crippen molar-refractivity contribution < 1.29 is 10.2 Å². The minimum Gasteiger partial charge on any atom is -0.390 e.